The molecule has 0 aliphatic rings. The average molecular weight is 432 g/mol. The third kappa shape index (κ3) is 4.97. The number of carbonyl (C=O) groups is 1. The number of benzene rings is 1. The maximum Gasteiger partial charge on any atom is 0.416 e. The molecular formula is C14H8BrF6NOS. The number of amides is 1. The Labute approximate surface area is 144 Å². The molecule has 1 aromatic carbocycles. The highest BCUT2D eigenvalue weighted by Crippen LogP contribution is 2.37. The van der Waals surface area contributed by atoms with E-state index in [9.17, 15) is 31.1 Å². The molecule has 10 heteroatoms. The van der Waals surface area contributed by atoms with E-state index in [0.717, 1.165) is 3.79 Å². The third-order valence-corrected chi connectivity index (χ3v) is 4.46. The van der Waals surface area contributed by atoms with Gasteiger partial charge in [-0.1, -0.05) is 0 Å². The van der Waals surface area contributed by atoms with E-state index in [2.05, 4.69) is 21.2 Å². The smallest absolute Gasteiger partial charge is 0.326 e. The Balaban J connectivity index is 2.26. The molecule has 0 spiro atoms. The molecule has 0 saturated carbocycles. The lowest BCUT2D eigenvalue weighted by Crippen LogP contribution is -2.16. The second kappa shape index (κ2) is 6.75. The minimum absolute atomic E-state index is 0.00599. The van der Waals surface area contributed by atoms with Crippen molar-refractivity contribution in [2.24, 2.45) is 0 Å². The molecule has 0 fully saturated rings. The normalized spacial score (nSPS) is 12.3. The molecule has 0 radical (unpaired) electrons. The van der Waals surface area contributed by atoms with Crippen molar-refractivity contribution in [3.63, 3.8) is 0 Å². The molecule has 1 aromatic heterocycles. The van der Waals surface area contributed by atoms with Gasteiger partial charge in [-0.3, -0.25) is 4.79 Å². The zero-order valence-electron chi connectivity index (χ0n) is 11.6. The number of thiophene rings is 1. The molecule has 0 aliphatic heterocycles. The Morgan fingerprint density at radius 2 is 1.54 bits per heavy atom. The standard InChI is InChI=1S/C14H8BrF6NOS/c15-11-2-1-10(24-11)6-12(23)22-9-4-7(13(16,17)18)3-8(5-9)14(19,20)21/h1-5H,6H2,(H,22,23). The highest BCUT2D eigenvalue weighted by molar-refractivity contribution is 9.11. The largest absolute Gasteiger partial charge is 0.416 e. The van der Waals surface area contributed by atoms with Crippen LogP contribution in [0.5, 0.6) is 0 Å². The summed E-state index contributed by atoms with van der Waals surface area (Å²) >= 11 is 4.43. The molecule has 1 amide bonds. The molecular weight excluding hydrogens is 424 g/mol. The number of rotatable bonds is 3. The molecule has 0 aliphatic carbocycles. The summed E-state index contributed by atoms with van der Waals surface area (Å²) in [5.41, 5.74) is -3.52. The van der Waals surface area contributed by atoms with Crippen LogP contribution in [0.15, 0.2) is 34.1 Å². The van der Waals surface area contributed by atoms with Crippen LogP contribution in [0.3, 0.4) is 0 Å². The molecule has 2 nitrogen and oxygen atoms in total. The fraction of sp³-hybridized carbons (Fsp3) is 0.214. The predicted octanol–water partition coefficient (Wildman–Crippen LogP) is 5.73. The summed E-state index contributed by atoms with van der Waals surface area (Å²) in [6.45, 7) is 0. The summed E-state index contributed by atoms with van der Waals surface area (Å²) in [6, 6.07) is 4.25. The first-order valence-corrected chi connectivity index (χ1v) is 7.89. The van der Waals surface area contributed by atoms with E-state index in [4.69, 9.17) is 0 Å². The number of carbonyl (C=O) groups excluding carboxylic acids is 1. The van der Waals surface area contributed by atoms with E-state index in [1.54, 1.807) is 12.1 Å². The van der Waals surface area contributed by atoms with Crippen molar-refractivity contribution in [3.8, 4) is 0 Å². The van der Waals surface area contributed by atoms with Gasteiger partial charge in [0.05, 0.1) is 21.3 Å². The number of nitrogens with one attached hydrogen (secondary N) is 1. The first kappa shape index (κ1) is 18.8. The van der Waals surface area contributed by atoms with Crippen molar-refractivity contribution in [2.45, 2.75) is 18.8 Å². The third-order valence-electron chi connectivity index (χ3n) is 2.84. The monoisotopic (exact) mass is 431 g/mol. The summed E-state index contributed by atoms with van der Waals surface area (Å²) in [6.07, 6.45) is -10.1. The summed E-state index contributed by atoms with van der Waals surface area (Å²) in [5, 5.41) is 2.08. The second-order valence-corrected chi connectivity index (χ2v) is 7.27. The van der Waals surface area contributed by atoms with Gasteiger partial charge in [-0.05, 0) is 46.3 Å². The van der Waals surface area contributed by atoms with Crippen LogP contribution >= 0.6 is 27.3 Å². The van der Waals surface area contributed by atoms with Crippen LogP contribution in [0.4, 0.5) is 32.0 Å². The zero-order chi connectivity index (χ0) is 18.1. The van der Waals surface area contributed by atoms with Crippen LogP contribution in [0.1, 0.15) is 16.0 Å². The van der Waals surface area contributed by atoms with Gasteiger partial charge in [0, 0.05) is 10.6 Å². The van der Waals surface area contributed by atoms with E-state index in [1.807, 2.05) is 0 Å². The zero-order valence-corrected chi connectivity index (χ0v) is 14.0. The van der Waals surface area contributed by atoms with Crippen molar-refractivity contribution in [2.75, 3.05) is 5.32 Å². The van der Waals surface area contributed by atoms with E-state index in [1.165, 1.54) is 11.3 Å². The van der Waals surface area contributed by atoms with Crippen LogP contribution in [0.25, 0.3) is 0 Å². The molecule has 0 saturated heterocycles. The highest BCUT2D eigenvalue weighted by atomic mass is 79.9. The first-order chi connectivity index (χ1) is 10.9. The second-order valence-electron chi connectivity index (χ2n) is 4.73. The Morgan fingerprint density at radius 3 is 1.96 bits per heavy atom. The van der Waals surface area contributed by atoms with Gasteiger partial charge in [-0.25, -0.2) is 0 Å². The molecule has 2 rings (SSSR count). The van der Waals surface area contributed by atoms with Crippen molar-refractivity contribution >= 4 is 38.9 Å². The van der Waals surface area contributed by atoms with Gasteiger partial charge in [-0.15, -0.1) is 11.3 Å². The summed E-state index contributed by atoms with van der Waals surface area (Å²) in [7, 11) is 0. The highest BCUT2D eigenvalue weighted by Gasteiger charge is 2.37. The van der Waals surface area contributed by atoms with Crippen LogP contribution in [-0.2, 0) is 23.6 Å². The SMILES string of the molecule is O=C(Cc1ccc(Br)s1)Nc1cc(C(F)(F)F)cc(C(F)(F)F)c1. The number of hydrogen-bond acceptors (Lipinski definition) is 2. The van der Waals surface area contributed by atoms with Gasteiger partial charge in [0.25, 0.3) is 0 Å². The Morgan fingerprint density at radius 1 is 1.00 bits per heavy atom. The number of hydrogen-bond donors (Lipinski definition) is 1. The molecule has 0 atom stereocenters. The van der Waals surface area contributed by atoms with E-state index >= 15 is 0 Å². The van der Waals surface area contributed by atoms with Gasteiger partial charge in [0.1, 0.15) is 0 Å². The van der Waals surface area contributed by atoms with Gasteiger partial charge < -0.3 is 5.32 Å². The minimum atomic E-state index is -4.96. The van der Waals surface area contributed by atoms with Gasteiger partial charge in [0.15, 0.2) is 0 Å². The predicted molar refractivity (Wildman–Crippen MR) is 80.8 cm³/mol. The average Bonchev–Trinajstić information content (AvgIpc) is 2.81. The van der Waals surface area contributed by atoms with Crippen LogP contribution in [0, 0.1) is 0 Å². The summed E-state index contributed by atoms with van der Waals surface area (Å²) < 4.78 is 77.2. The Kier molecular flexibility index (Phi) is 5.28. The lowest BCUT2D eigenvalue weighted by Gasteiger charge is -2.14. The van der Waals surface area contributed by atoms with E-state index < -0.39 is 35.1 Å². The molecule has 2 aromatic rings. The van der Waals surface area contributed by atoms with Crippen molar-refractivity contribution < 1.29 is 31.1 Å². The lowest BCUT2D eigenvalue weighted by atomic mass is 10.1. The van der Waals surface area contributed by atoms with Gasteiger partial charge >= 0.3 is 12.4 Å². The van der Waals surface area contributed by atoms with Crippen molar-refractivity contribution in [1.29, 1.82) is 0 Å². The molecule has 1 N–H and O–H groups in total. The topological polar surface area (TPSA) is 29.1 Å². The minimum Gasteiger partial charge on any atom is -0.326 e. The molecule has 130 valence electrons. The quantitative estimate of drug-likeness (QED) is 0.617. The Hall–Kier alpha value is -1.55. The van der Waals surface area contributed by atoms with Gasteiger partial charge in [0.2, 0.25) is 5.91 Å². The number of alkyl halides is 6. The van der Waals surface area contributed by atoms with Crippen LogP contribution < -0.4 is 5.32 Å². The summed E-state index contributed by atoms with van der Waals surface area (Å²) in [5.74, 6) is -0.711. The van der Waals surface area contributed by atoms with Crippen LogP contribution in [-0.4, -0.2) is 5.91 Å². The molecule has 0 unspecified atom stereocenters. The lowest BCUT2D eigenvalue weighted by molar-refractivity contribution is -0.143. The molecule has 24 heavy (non-hydrogen) atoms. The fourth-order valence-corrected chi connectivity index (χ4v) is 3.32. The van der Waals surface area contributed by atoms with Gasteiger partial charge in [-0.2, -0.15) is 26.3 Å². The van der Waals surface area contributed by atoms with E-state index in [0.29, 0.717) is 17.0 Å². The number of halogens is 7. The number of anilines is 1. The van der Waals surface area contributed by atoms with E-state index in [-0.39, 0.29) is 12.5 Å². The van der Waals surface area contributed by atoms with Crippen molar-refractivity contribution in [1.82, 2.24) is 0 Å². The maximum atomic E-state index is 12.7. The van der Waals surface area contributed by atoms with Crippen LogP contribution in [0.2, 0.25) is 0 Å². The first-order valence-electron chi connectivity index (χ1n) is 6.29. The molecule has 1 heterocycles. The fourth-order valence-electron chi connectivity index (χ4n) is 1.84. The molecule has 0 bridgehead atoms. The maximum absolute atomic E-state index is 12.7. The van der Waals surface area contributed by atoms with Crippen molar-refractivity contribution in [3.05, 3.63) is 50.1 Å². The summed E-state index contributed by atoms with van der Waals surface area (Å²) in [4.78, 5) is 12.4. The Bertz CT molecular complexity index is 720.